The Morgan fingerprint density at radius 1 is 0.956 bits per heavy atom. The minimum Gasteiger partial charge on any atom is -0.469 e. The highest BCUT2D eigenvalue weighted by molar-refractivity contribution is 6.22. The summed E-state index contributed by atoms with van der Waals surface area (Å²) in [6, 6.07) is 7.51. The van der Waals surface area contributed by atoms with Gasteiger partial charge in [0.25, 0.3) is 0 Å². The molecule has 0 spiro atoms. The molecule has 3 aliphatic rings. The van der Waals surface area contributed by atoms with Gasteiger partial charge in [-0.2, -0.15) is 0 Å². The number of anilines is 2. The number of piperidine rings is 1. The fraction of sp³-hybridized carbons (Fsp3) is 0.515. The maximum absolute atomic E-state index is 15.4. The highest BCUT2D eigenvalue weighted by atomic mass is 19.1. The van der Waals surface area contributed by atoms with E-state index >= 15 is 4.39 Å². The van der Waals surface area contributed by atoms with Gasteiger partial charge in [-0.15, -0.1) is 0 Å². The smallest absolute Gasteiger partial charge is 0.328 e. The number of urea groups is 1. The van der Waals surface area contributed by atoms with E-state index in [2.05, 4.69) is 10.6 Å². The Morgan fingerprint density at radius 2 is 1.53 bits per heavy atom. The van der Waals surface area contributed by atoms with Crippen LogP contribution in [0.3, 0.4) is 0 Å². The van der Waals surface area contributed by atoms with Crippen LogP contribution in [0.15, 0.2) is 36.4 Å². The van der Waals surface area contributed by atoms with Gasteiger partial charge in [0, 0.05) is 25.3 Å². The number of carbonyl (C=O) groups is 4. The molecule has 0 atom stereocenters. The Hall–Kier alpha value is -3.93. The summed E-state index contributed by atoms with van der Waals surface area (Å²) < 4.78 is 46.8. The van der Waals surface area contributed by atoms with Crippen LogP contribution in [0, 0.1) is 17.0 Å². The third-order valence-corrected chi connectivity index (χ3v) is 8.95. The normalized spacial score (nSPS) is 19.6. The first-order valence-electron chi connectivity index (χ1n) is 14.9. The number of nitrogens with one attached hydrogen (secondary N) is 2. The number of ether oxygens (including phenoxy) is 1. The zero-order valence-corrected chi connectivity index (χ0v) is 26.8. The predicted octanol–water partition coefficient (Wildman–Crippen LogP) is 5.22. The average Bonchev–Trinajstić information content (AvgIpc) is 3.31. The molecule has 0 bridgehead atoms. The minimum atomic E-state index is -1.63. The number of amides is 4. The molecule has 0 radical (unpaired) electrons. The number of esters is 1. The van der Waals surface area contributed by atoms with Crippen LogP contribution < -0.4 is 15.5 Å². The summed E-state index contributed by atoms with van der Waals surface area (Å²) >= 11 is 0. The minimum absolute atomic E-state index is 0.0758. The van der Waals surface area contributed by atoms with Crippen molar-refractivity contribution in [2.24, 2.45) is 5.41 Å². The van der Waals surface area contributed by atoms with E-state index in [1.54, 1.807) is 33.8 Å². The number of imide groups is 1. The second-order valence-electron chi connectivity index (χ2n) is 13.7. The molecule has 5 rings (SSSR count). The topological polar surface area (TPSA) is 108 Å². The highest BCUT2D eigenvalue weighted by Gasteiger charge is 2.47. The summed E-state index contributed by atoms with van der Waals surface area (Å²) in [5.41, 5.74) is -1.67. The van der Waals surface area contributed by atoms with E-state index < -0.39 is 39.7 Å². The van der Waals surface area contributed by atoms with Gasteiger partial charge in [0.15, 0.2) is 0 Å². The molecule has 0 saturated carbocycles. The summed E-state index contributed by atoms with van der Waals surface area (Å²) in [4.78, 5) is 51.9. The lowest BCUT2D eigenvalue weighted by Crippen LogP contribution is -2.53. The van der Waals surface area contributed by atoms with Gasteiger partial charge in [0.05, 0.1) is 35.6 Å². The van der Waals surface area contributed by atoms with Crippen molar-refractivity contribution in [3.63, 3.8) is 0 Å². The van der Waals surface area contributed by atoms with E-state index in [0.717, 1.165) is 16.5 Å². The predicted molar refractivity (Wildman–Crippen MR) is 164 cm³/mol. The molecule has 3 heterocycles. The molecular weight excluding hydrogens is 589 g/mol. The van der Waals surface area contributed by atoms with E-state index in [1.165, 1.54) is 31.4 Å². The maximum Gasteiger partial charge on any atom is 0.328 e. The van der Waals surface area contributed by atoms with E-state index in [1.807, 2.05) is 18.7 Å². The quantitative estimate of drug-likeness (QED) is 0.439. The van der Waals surface area contributed by atoms with Crippen molar-refractivity contribution in [2.45, 2.75) is 70.9 Å². The zero-order chi connectivity index (χ0) is 33.5. The van der Waals surface area contributed by atoms with Crippen LogP contribution in [0.5, 0.6) is 0 Å². The fourth-order valence-electron chi connectivity index (χ4n) is 5.99. The van der Waals surface area contributed by atoms with Crippen LogP contribution in [0.25, 0.3) is 0 Å². The summed E-state index contributed by atoms with van der Waals surface area (Å²) in [5.74, 6) is -1.76. The highest BCUT2D eigenvalue weighted by Crippen LogP contribution is 2.42. The average molecular weight is 631 g/mol. The number of halogens is 3. The molecule has 0 aromatic heterocycles. The summed E-state index contributed by atoms with van der Waals surface area (Å²) in [7, 11) is 1.34. The largest absolute Gasteiger partial charge is 0.469 e. The second-order valence-corrected chi connectivity index (χ2v) is 13.7. The second kappa shape index (κ2) is 12.1. The molecule has 1 saturated heterocycles. The first kappa shape index (κ1) is 34.0. The number of rotatable bonds is 5. The van der Waals surface area contributed by atoms with E-state index in [9.17, 15) is 28.0 Å². The number of hydrogen-bond acceptors (Lipinski definition) is 6. The van der Waals surface area contributed by atoms with Crippen molar-refractivity contribution < 1.29 is 37.1 Å². The molecule has 0 unspecified atom stereocenters. The molecule has 2 N–H and O–H groups in total. The lowest BCUT2D eigenvalue weighted by molar-refractivity contribution is -0.152. The number of methoxy groups -OCH3 is 1. The number of hydrogen-bond donors (Lipinski definition) is 2. The lowest BCUT2D eigenvalue weighted by atomic mass is 9.86. The number of carbonyl (C=O) groups excluding carboxylic acids is 4. The molecule has 1 fully saturated rings. The van der Waals surface area contributed by atoms with Gasteiger partial charge in [-0.05, 0) is 89.8 Å². The van der Waals surface area contributed by atoms with Crippen LogP contribution in [0.4, 0.5) is 29.3 Å². The summed E-state index contributed by atoms with van der Waals surface area (Å²) in [6.07, 6.45) is 0.352. The molecular formula is C33H41F3N4O5. The van der Waals surface area contributed by atoms with Crippen molar-refractivity contribution in [3.05, 3.63) is 59.2 Å². The summed E-state index contributed by atoms with van der Waals surface area (Å²) in [5, 5.41) is 5.18. The Balaban J connectivity index is 0.000000293. The number of likely N-dealkylation sites (tertiary alicyclic amines) is 1. The molecule has 2 aromatic rings. The van der Waals surface area contributed by atoms with Gasteiger partial charge in [0.2, 0.25) is 11.8 Å². The molecule has 45 heavy (non-hydrogen) atoms. The van der Waals surface area contributed by atoms with Crippen molar-refractivity contribution in [1.82, 2.24) is 10.2 Å². The lowest BCUT2D eigenvalue weighted by Gasteiger charge is -2.39. The first-order chi connectivity index (χ1) is 20.8. The van der Waals surface area contributed by atoms with E-state index in [4.69, 9.17) is 4.74 Å². The molecule has 9 nitrogen and oxygen atoms in total. The van der Waals surface area contributed by atoms with Crippen LogP contribution in [-0.2, 0) is 30.0 Å². The number of alkyl halides is 1. The Kier molecular flexibility index (Phi) is 9.14. The fourth-order valence-corrected chi connectivity index (χ4v) is 5.99. The van der Waals surface area contributed by atoms with Gasteiger partial charge < -0.3 is 20.3 Å². The Morgan fingerprint density at radius 3 is 2.13 bits per heavy atom. The Labute approximate surface area is 261 Å². The van der Waals surface area contributed by atoms with Crippen LogP contribution in [-0.4, -0.2) is 67.7 Å². The van der Waals surface area contributed by atoms with Crippen molar-refractivity contribution in [2.75, 3.05) is 43.5 Å². The van der Waals surface area contributed by atoms with E-state index in [-0.39, 0.29) is 42.8 Å². The van der Waals surface area contributed by atoms with Gasteiger partial charge >= 0.3 is 12.0 Å². The zero-order valence-electron chi connectivity index (χ0n) is 26.8. The van der Waals surface area contributed by atoms with Gasteiger partial charge in [-0.25, -0.2) is 22.9 Å². The van der Waals surface area contributed by atoms with Gasteiger partial charge in [0.1, 0.15) is 17.3 Å². The third kappa shape index (κ3) is 6.70. The number of benzene rings is 2. The van der Waals surface area contributed by atoms with Gasteiger partial charge in [-0.3, -0.25) is 14.4 Å². The molecule has 244 valence electrons. The first-order valence-corrected chi connectivity index (χ1v) is 14.9. The van der Waals surface area contributed by atoms with Crippen LogP contribution in [0.1, 0.15) is 65.5 Å². The van der Waals surface area contributed by atoms with Crippen LogP contribution in [0.2, 0.25) is 0 Å². The van der Waals surface area contributed by atoms with E-state index in [0.29, 0.717) is 30.9 Å². The van der Waals surface area contributed by atoms with Gasteiger partial charge in [-0.1, -0.05) is 12.1 Å². The molecule has 12 heteroatoms. The SMILES string of the molecule is CC1(C)C(=O)Nc2cc(F)ccc21.COC(=O)C(C)(C)CN1CCC(F)(CNC(=O)N2C(=O)C(C)(C)c3ccc(F)cc32)CC1. The Bertz CT molecular complexity index is 1520. The van der Waals surface area contributed by atoms with Crippen molar-refractivity contribution >= 4 is 35.2 Å². The van der Waals surface area contributed by atoms with Crippen LogP contribution >= 0.6 is 0 Å². The number of nitrogens with zero attached hydrogens (tertiary/aromatic N) is 2. The van der Waals surface area contributed by atoms with Crippen molar-refractivity contribution in [3.8, 4) is 0 Å². The van der Waals surface area contributed by atoms with Crippen molar-refractivity contribution in [1.29, 1.82) is 0 Å². The molecule has 3 aliphatic heterocycles. The molecule has 2 aromatic carbocycles. The third-order valence-electron chi connectivity index (χ3n) is 8.95. The maximum atomic E-state index is 15.4. The molecule has 4 amide bonds. The monoisotopic (exact) mass is 630 g/mol. The summed E-state index contributed by atoms with van der Waals surface area (Å²) in [6.45, 7) is 11.6. The molecule has 0 aliphatic carbocycles. The standard InChI is InChI=1S/C23H31F2N3O4.C10H10FNO/c1-21(2,19(30)32-5)14-27-10-8-23(25,9-11-27)13-26-20(31)28-17-12-15(24)6-7-16(17)22(3,4)18(28)29;1-10(2)7-4-3-6(11)5-8(7)12-9(10)13/h6-7,12H,8-11,13-14H2,1-5H3,(H,26,31);3-5H,1-2H3,(H,12,13). The number of fused-ring (bicyclic) bond motifs is 2.